The van der Waals surface area contributed by atoms with Gasteiger partial charge in [0.2, 0.25) is 0 Å². The molecule has 0 saturated carbocycles. The summed E-state index contributed by atoms with van der Waals surface area (Å²) in [7, 11) is 0. The first-order valence-electron chi connectivity index (χ1n) is 5.33. The third-order valence-corrected chi connectivity index (χ3v) is 3.00. The van der Waals surface area contributed by atoms with Crippen LogP contribution in [-0.4, -0.2) is 41.8 Å². The first-order chi connectivity index (χ1) is 6.17. The maximum atomic E-state index is 9.73. The molecule has 1 saturated heterocycles. The fraction of sp³-hybridized carbons (Fsp3) is 1.00. The number of aliphatic hydroxyl groups is 1. The van der Waals surface area contributed by atoms with Gasteiger partial charge in [-0.25, -0.2) is 0 Å². The Morgan fingerprint density at radius 2 is 2.15 bits per heavy atom. The van der Waals surface area contributed by atoms with Gasteiger partial charge in [0, 0.05) is 19.1 Å². The van der Waals surface area contributed by atoms with Crippen LogP contribution < -0.4 is 5.73 Å². The third kappa shape index (κ3) is 2.93. The maximum absolute atomic E-state index is 9.73. The molecular formula is C10H22N2O. The van der Waals surface area contributed by atoms with Crippen LogP contribution in [0.15, 0.2) is 0 Å². The molecule has 1 aliphatic heterocycles. The van der Waals surface area contributed by atoms with E-state index in [-0.39, 0.29) is 12.1 Å². The van der Waals surface area contributed by atoms with E-state index in [1.54, 1.807) is 0 Å². The Morgan fingerprint density at radius 1 is 1.46 bits per heavy atom. The first kappa shape index (κ1) is 11.0. The average Bonchev–Trinajstić information content (AvgIpc) is 2.15. The van der Waals surface area contributed by atoms with Crippen molar-refractivity contribution < 1.29 is 5.11 Å². The minimum absolute atomic E-state index is 0.166. The highest BCUT2D eigenvalue weighted by Crippen LogP contribution is 2.20. The van der Waals surface area contributed by atoms with E-state index in [4.69, 9.17) is 5.73 Å². The maximum Gasteiger partial charge on any atom is 0.0578 e. The summed E-state index contributed by atoms with van der Waals surface area (Å²) in [5.74, 6) is 0.383. The van der Waals surface area contributed by atoms with Gasteiger partial charge in [0.05, 0.1) is 6.10 Å². The summed E-state index contributed by atoms with van der Waals surface area (Å²) in [6.07, 6.45) is 1.65. The standard InChI is InChI=1S/C10H22N2O/c1-3-10(13)8-5-9(11)7-12(4-2)6-8/h8-10,13H,3-7,11H2,1-2H3. The molecule has 0 aromatic heterocycles. The van der Waals surface area contributed by atoms with Crippen LogP contribution in [0, 0.1) is 5.92 Å². The van der Waals surface area contributed by atoms with Crippen molar-refractivity contribution in [1.29, 1.82) is 0 Å². The Morgan fingerprint density at radius 3 is 2.69 bits per heavy atom. The third-order valence-electron chi connectivity index (χ3n) is 3.00. The Hall–Kier alpha value is -0.120. The Balaban J connectivity index is 2.46. The Kier molecular flexibility index (Phi) is 4.16. The van der Waals surface area contributed by atoms with Crippen molar-refractivity contribution in [2.24, 2.45) is 11.7 Å². The van der Waals surface area contributed by atoms with Crippen LogP contribution >= 0.6 is 0 Å². The summed E-state index contributed by atoms with van der Waals surface area (Å²) in [5.41, 5.74) is 5.93. The molecule has 3 nitrogen and oxygen atoms in total. The summed E-state index contributed by atoms with van der Waals surface area (Å²) in [6, 6.07) is 0.250. The van der Waals surface area contributed by atoms with E-state index in [1.165, 1.54) is 0 Å². The molecule has 13 heavy (non-hydrogen) atoms. The monoisotopic (exact) mass is 186 g/mol. The van der Waals surface area contributed by atoms with Gasteiger partial charge >= 0.3 is 0 Å². The van der Waals surface area contributed by atoms with E-state index in [1.807, 2.05) is 6.92 Å². The van der Waals surface area contributed by atoms with Gasteiger partial charge in [-0.05, 0) is 25.3 Å². The lowest BCUT2D eigenvalue weighted by molar-refractivity contribution is 0.0434. The van der Waals surface area contributed by atoms with Crippen molar-refractivity contribution in [3.05, 3.63) is 0 Å². The molecular weight excluding hydrogens is 164 g/mol. The quantitative estimate of drug-likeness (QED) is 0.672. The van der Waals surface area contributed by atoms with Crippen molar-refractivity contribution in [2.45, 2.75) is 38.8 Å². The summed E-state index contributed by atoms with van der Waals surface area (Å²) in [4.78, 5) is 2.33. The molecule has 0 amide bonds. The molecule has 0 aliphatic carbocycles. The second-order valence-corrected chi connectivity index (χ2v) is 4.08. The zero-order chi connectivity index (χ0) is 9.84. The molecule has 1 heterocycles. The van der Waals surface area contributed by atoms with Crippen LogP contribution in [0.1, 0.15) is 26.7 Å². The molecule has 78 valence electrons. The highest BCUT2D eigenvalue weighted by Gasteiger charge is 2.28. The van der Waals surface area contributed by atoms with E-state index in [0.29, 0.717) is 5.92 Å². The largest absolute Gasteiger partial charge is 0.393 e. The second kappa shape index (κ2) is 4.94. The van der Waals surface area contributed by atoms with Crippen molar-refractivity contribution in [1.82, 2.24) is 4.90 Å². The second-order valence-electron chi connectivity index (χ2n) is 4.08. The van der Waals surface area contributed by atoms with Crippen molar-refractivity contribution in [3.8, 4) is 0 Å². The van der Waals surface area contributed by atoms with Gasteiger partial charge in [0.25, 0.3) is 0 Å². The lowest BCUT2D eigenvalue weighted by Gasteiger charge is -2.37. The van der Waals surface area contributed by atoms with Crippen molar-refractivity contribution >= 4 is 0 Å². The van der Waals surface area contributed by atoms with Crippen LogP contribution in [0.5, 0.6) is 0 Å². The van der Waals surface area contributed by atoms with Gasteiger partial charge in [-0.1, -0.05) is 13.8 Å². The van der Waals surface area contributed by atoms with E-state index in [2.05, 4.69) is 11.8 Å². The molecule has 0 spiro atoms. The van der Waals surface area contributed by atoms with Gasteiger partial charge in [0.1, 0.15) is 0 Å². The summed E-state index contributed by atoms with van der Waals surface area (Å²) in [6.45, 7) is 7.22. The van der Waals surface area contributed by atoms with Crippen molar-refractivity contribution in [3.63, 3.8) is 0 Å². The lowest BCUT2D eigenvalue weighted by atomic mass is 9.89. The minimum Gasteiger partial charge on any atom is -0.393 e. The summed E-state index contributed by atoms with van der Waals surface area (Å²) >= 11 is 0. The topological polar surface area (TPSA) is 49.5 Å². The van der Waals surface area contributed by atoms with Gasteiger partial charge in [0.15, 0.2) is 0 Å². The number of rotatable bonds is 3. The van der Waals surface area contributed by atoms with E-state index in [0.717, 1.165) is 32.5 Å². The predicted octanol–water partition coefficient (Wildman–Crippen LogP) is 0.426. The van der Waals surface area contributed by atoms with Crippen LogP contribution in [-0.2, 0) is 0 Å². The molecule has 0 radical (unpaired) electrons. The average molecular weight is 186 g/mol. The summed E-state index contributed by atoms with van der Waals surface area (Å²) in [5, 5.41) is 9.73. The number of hydrogen-bond donors (Lipinski definition) is 2. The fourth-order valence-corrected chi connectivity index (χ4v) is 2.15. The number of likely N-dealkylation sites (N-methyl/N-ethyl adjacent to an activating group) is 1. The molecule has 3 heteroatoms. The lowest BCUT2D eigenvalue weighted by Crippen LogP contribution is -2.49. The number of aliphatic hydroxyl groups excluding tert-OH is 1. The molecule has 3 unspecified atom stereocenters. The van der Waals surface area contributed by atoms with Crippen molar-refractivity contribution in [2.75, 3.05) is 19.6 Å². The summed E-state index contributed by atoms with van der Waals surface area (Å²) < 4.78 is 0. The smallest absolute Gasteiger partial charge is 0.0578 e. The number of nitrogens with two attached hydrogens (primary N) is 1. The van der Waals surface area contributed by atoms with E-state index in [9.17, 15) is 5.11 Å². The van der Waals surface area contributed by atoms with Crippen LogP contribution in [0.25, 0.3) is 0 Å². The van der Waals surface area contributed by atoms with Gasteiger partial charge < -0.3 is 15.7 Å². The Bertz CT molecular complexity index is 152. The zero-order valence-corrected chi connectivity index (χ0v) is 8.74. The molecule has 1 aliphatic rings. The van der Waals surface area contributed by atoms with Gasteiger partial charge in [-0.2, -0.15) is 0 Å². The van der Waals surface area contributed by atoms with E-state index < -0.39 is 0 Å². The van der Waals surface area contributed by atoms with E-state index >= 15 is 0 Å². The van der Waals surface area contributed by atoms with Crippen LogP contribution in [0.3, 0.4) is 0 Å². The Labute approximate surface area is 80.9 Å². The van der Waals surface area contributed by atoms with Gasteiger partial charge in [-0.3, -0.25) is 0 Å². The molecule has 3 atom stereocenters. The highest BCUT2D eigenvalue weighted by atomic mass is 16.3. The van der Waals surface area contributed by atoms with Gasteiger partial charge in [-0.15, -0.1) is 0 Å². The fourth-order valence-electron chi connectivity index (χ4n) is 2.15. The number of nitrogens with zero attached hydrogens (tertiary/aromatic N) is 1. The number of hydrogen-bond acceptors (Lipinski definition) is 3. The highest BCUT2D eigenvalue weighted by molar-refractivity contribution is 4.83. The molecule has 0 aromatic rings. The molecule has 1 rings (SSSR count). The normalized spacial score (nSPS) is 33.2. The molecule has 0 aromatic carbocycles. The molecule has 1 fully saturated rings. The minimum atomic E-state index is -0.166. The number of likely N-dealkylation sites (tertiary alicyclic amines) is 1. The zero-order valence-electron chi connectivity index (χ0n) is 8.74. The molecule has 0 bridgehead atoms. The first-order valence-corrected chi connectivity index (χ1v) is 5.33. The number of piperidine rings is 1. The predicted molar refractivity (Wildman–Crippen MR) is 54.5 cm³/mol. The van der Waals surface area contributed by atoms with Crippen LogP contribution in [0.2, 0.25) is 0 Å². The molecule has 3 N–H and O–H groups in total. The van der Waals surface area contributed by atoms with Crippen LogP contribution in [0.4, 0.5) is 0 Å². The SMILES string of the molecule is CCC(O)C1CC(N)CN(CC)C1.